The molecule has 21 heteroatoms. The summed E-state index contributed by atoms with van der Waals surface area (Å²) in [6.07, 6.45) is 16.0. The highest BCUT2D eigenvalue weighted by Crippen LogP contribution is 2.34. The second-order valence-electron chi connectivity index (χ2n) is 20.0. The van der Waals surface area contributed by atoms with Crippen molar-refractivity contribution in [2.75, 3.05) is 99.4 Å². The lowest BCUT2D eigenvalue weighted by atomic mass is 9.80. The highest BCUT2D eigenvalue weighted by atomic mass is 19.1. The van der Waals surface area contributed by atoms with E-state index in [-0.39, 0.29) is 48.6 Å². The number of aryl methyl sites for hydroxylation is 1. The van der Waals surface area contributed by atoms with Crippen LogP contribution in [0.15, 0.2) is 30.9 Å². The number of nitrogens with zero attached hydrogens (tertiary/aromatic N) is 10. The van der Waals surface area contributed by atoms with Crippen molar-refractivity contribution in [3.8, 4) is 0 Å². The number of ether oxygens (including phenoxy) is 1. The number of halogens is 1. The van der Waals surface area contributed by atoms with Gasteiger partial charge in [0.05, 0.1) is 30.4 Å². The van der Waals surface area contributed by atoms with Crippen molar-refractivity contribution in [1.82, 2.24) is 49.6 Å². The molecule has 2 saturated carbocycles. The van der Waals surface area contributed by atoms with Crippen LogP contribution in [-0.2, 0) is 31.0 Å². The van der Waals surface area contributed by atoms with Crippen LogP contribution in [0.1, 0.15) is 94.3 Å². The second kappa shape index (κ2) is 22.4. The molecule has 0 radical (unpaired) electrons. The number of carbonyl (C=O) groups excluding carboxylic acids is 5. The molecule has 0 spiro atoms. The number of hydrogen-bond donors (Lipinski definition) is 4. The van der Waals surface area contributed by atoms with Crippen LogP contribution in [0.25, 0.3) is 0 Å². The summed E-state index contributed by atoms with van der Waals surface area (Å²) in [7, 11) is 1.83. The number of aromatic nitrogens is 5. The van der Waals surface area contributed by atoms with Gasteiger partial charge in [0.2, 0.25) is 29.6 Å². The summed E-state index contributed by atoms with van der Waals surface area (Å²) < 4.78 is 22.2. The zero-order valence-electron chi connectivity index (χ0n) is 40.6. The number of nitrogens with one attached hydrogen (secondary N) is 4. The number of pyridine rings is 1. The Labute approximate surface area is 408 Å². The zero-order chi connectivity index (χ0) is 48.7. The van der Waals surface area contributed by atoms with Gasteiger partial charge >= 0.3 is 5.97 Å². The number of anilines is 5. The van der Waals surface area contributed by atoms with Crippen LogP contribution in [0.2, 0.25) is 0 Å². The molecule has 4 amide bonds. The fraction of sp³-hybridized carbons (Fsp3) is 0.653. The van der Waals surface area contributed by atoms with Gasteiger partial charge in [0.25, 0.3) is 0 Å². The molecular weight excluding hydrogens is 900 g/mol. The molecule has 4 saturated heterocycles. The maximum atomic E-state index is 15.2. The fourth-order valence-electron chi connectivity index (χ4n) is 11.3. The van der Waals surface area contributed by atoms with E-state index >= 15 is 4.39 Å². The van der Waals surface area contributed by atoms with Crippen LogP contribution in [0.4, 0.5) is 33.3 Å². The predicted molar refractivity (Wildman–Crippen MR) is 260 cm³/mol. The van der Waals surface area contributed by atoms with Crippen molar-refractivity contribution in [2.45, 2.75) is 102 Å². The first kappa shape index (κ1) is 49.0. The molecule has 0 aromatic carbocycles. The molecule has 9 rings (SSSR count). The lowest BCUT2D eigenvalue weighted by Gasteiger charge is -2.43. The van der Waals surface area contributed by atoms with Crippen molar-refractivity contribution < 1.29 is 33.1 Å². The fourth-order valence-corrected chi connectivity index (χ4v) is 11.3. The van der Waals surface area contributed by atoms with E-state index in [2.05, 4.69) is 60.9 Å². The van der Waals surface area contributed by atoms with Crippen LogP contribution in [0, 0.1) is 23.6 Å². The minimum atomic E-state index is -0.599. The molecule has 2 aliphatic carbocycles. The van der Waals surface area contributed by atoms with Gasteiger partial charge in [-0.1, -0.05) is 0 Å². The summed E-state index contributed by atoms with van der Waals surface area (Å²) in [5, 5.41) is 16.2. The number of amides is 4. The van der Waals surface area contributed by atoms with Crippen LogP contribution in [0.3, 0.4) is 0 Å². The topological polar surface area (TPSA) is 215 Å². The summed E-state index contributed by atoms with van der Waals surface area (Å²) in [6.45, 7) is 10.6. The highest BCUT2D eigenvalue weighted by molar-refractivity contribution is 6.01. The SMILES string of the molecule is CCOC(=O)c1cnc(Nc2cnn(C)c2)nc1NC1CCC(N2CCN(C(=O)C3CCC(C(=O)N4CCC(CN5CCN(c6ncc(NC7CCC(=O)NC7=O)cc6F)CC5)CC4)CC3)CC2)CC1. The van der Waals surface area contributed by atoms with Crippen molar-refractivity contribution in [1.29, 1.82) is 0 Å². The Bertz CT molecular complexity index is 2330. The Kier molecular flexibility index (Phi) is 15.7. The molecule has 4 N–H and O–H groups in total. The maximum Gasteiger partial charge on any atom is 0.343 e. The van der Waals surface area contributed by atoms with Gasteiger partial charge < -0.3 is 35.4 Å². The summed E-state index contributed by atoms with van der Waals surface area (Å²) in [5.41, 5.74) is 1.46. The van der Waals surface area contributed by atoms with Crippen molar-refractivity contribution in [3.05, 3.63) is 42.2 Å². The smallest absolute Gasteiger partial charge is 0.343 e. The Morgan fingerprint density at radius 3 is 2.09 bits per heavy atom. The first-order valence-corrected chi connectivity index (χ1v) is 25.6. The quantitative estimate of drug-likeness (QED) is 0.134. The Hall–Kier alpha value is -5.96. The molecule has 4 aliphatic heterocycles. The monoisotopic (exact) mass is 969 g/mol. The zero-order valence-corrected chi connectivity index (χ0v) is 40.6. The van der Waals surface area contributed by atoms with Crippen LogP contribution < -0.4 is 26.2 Å². The number of piperidine rings is 2. The molecule has 3 aromatic heterocycles. The molecule has 378 valence electrons. The van der Waals surface area contributed by atoms with Gasteiger partial charge in [-0.15, -0.1) is 0 Å². The largest absolute Gasteiger partial charge is 0.462 e. The van der Waals surface area contributed by atoms with Gasteiger partial charge in [0.1, 0.15) is 17.4 Å². The summed E-state index contributed by atoms with van der Waals surface area (Å²) in [4.78, 5) is 88.3. The number of carbonyl (C=O) groups is 5. The Morgan fingerprint density at radius 2 is 1.46 bits per heavy atom. The highest BCUT2D eigenvalue weighted by Gasteiger charge is 2.37. The summed E-state index contributed by atoms with van der Waals surface area (Å²) in [5.74, 6) is 0.489. The first-order valence-electron chi connectivity index (χ1n) is 25.6. The van der Waals surface area contributed by atoms with Gasteiger partial charge in [0.15, 0.2) is 11.6 Å². The molecule has 7 heterocycles. The van der Waals surface area contributed by atoms with E-state index in [1.165, 1.54) is 12.3 Å². The van der Waals surface area contributed by atoms with E-state index in [0.29, 0.717) is 60.3 Å². The number of piperazine rings is 2. The number of imide groups is 1. The molecule has 1 unspecified atom stereocenters. The lowest BCUT2D eigenvalue weighted by Crippen LogP contribution is -2.54. The number of rotatable bonds is 14. The van der Waals surface area contributed by atoms with E-state index in [0.717, 1.165) is 129 Å². The molecule has 0 bridgehead atoms. The number of likely N-dealkylation sites (tertiary alicyclic amines) is 1. The van der Waals surface area contributed by atoms with Crippen molar-refractivity contribution in [2.24, 2.45) is 24.8 Å². The summed E-state index contributed by atoms with van der Waals surface area (Å²) >= 11 is 0. The summed E-state index contributed by atoms with van der Waals surface area (Å²) in [6, 6.07) is 1.35. The van der Waals surface area contributed by atoms with E-state index < -0.39 is 23.7 Å². The van der Waals surface area contributed by atoms with Crippen LogP contribution in [-0.4, -0.2) is 171 Å². The average molecular weight is 969 g/mol. The van der Waals surface area contributed by atoms with Crippen LogP contribution >= 0.6 is 0 Å². The normalized spacial score (nSPS) is 25.3. The minimum Gasteiger partial charge on any atom is -0.462 e. The Morgan fingerprint density at radius 1 is 0.771 bits per heavy atom. The van der Waals surface area contributed by atoms with E-state index in [9.17, 15) is 24.0 Å². The lowest BCUT2D eigenvalue weighted by molar-refractivity contribution is -0.143. The molecule has 70 heavy (non-hydrogen) atoms. The third kappa shape index (κ3) is 12.0. The molecule has 20 nitrogen and oxygen atoms in total. The van der Waals surface area contributed by atoms with Gasteiger partial charge in [0, 0.05) is 128 Å². The molecule has 1 atom stereocenters. The molecule has 6 aliphatic rings. The van der Waals surface area contributed by atoms with Gasteiger partial charge in [-0.25, -0.2) is 19.2 Å². The number of esters is 1. The van der Waals surface area contributed by atoms with Crippen molar-refractivity contribution in [3.63, 3.8) is 0 Å². The minimum absolute atomic E-state index is 0.0110. The average Bonchev–Trinajstić information content (AvgIpc) is 3.79. The molecule has 6 fully saturated rings. The van der Waals surface area contributed by atoms with Crippen LogP contribution in [0.5, 0.6) is 0 Å². The van der Waals surface area contributed by atoms with E-state index in [1.807, 2.05) is 18.1 Å². The maximum absolute atomic E-state index is 15.2. The standard InChI is InChI=1S/C49H69FN14O6/c1-3-70-48(69)39-29-52-49(56-37-28-53-59(2)31-37)58-43(39)55-35-8-10-38(11-9-35)61-22-24-64(25-23-61)47(68)34-6-4-33(5-7-34)46(67)63-16-14-32(15-17-63)30-60-18-20-62(21-19-60)44-40(50)26-36(27-51-44)54-41-12-13-42(65)57-45(41)66/h26-29,31-35,38,41,54H,3-25,30H2,1-2H3,(H,57,65,66)(H2,52,55,56,58). The molecular formula is C49H69FN14O6. The van der Waals surface area contributed by atoms with Gasteiger partial charge in [-0.2, -0.15) is 10.1 Å². The van der Waals surface area contributed by atoms with Crippen molar-refractivity contribution >= 4 is 58.6 Å². The third-order valence-electron chi connectivity index (χ3n) is 15.4. The number of hydrogen-bond acceptors (Lipinski definition) is 16. The Balaban J connectivity index is 0.651. The van der Waals surface area contributed by atoms with E-state index in [1.54, 1.807) is 24.0 Å². The molecule has 3 aromatic rings. The van der Waals surface area contributed by atoms with Gasteiger partial charge in [-0.3, -0.25) is 39.0 Å². The second-order valence-corrected chi connectivity index (χ2v) is 20.0. The van der Waals surface area contributed by atoms with Gasteiger partial charge in [-0.05, 0) is 83.5 Å². The predicted octanol–water partition coefficient (Wildman–Crippen LogP) is 3.62. The van der Waals surface area contributed by atoms with E-state index in [4.69, 9.17) is 4.74 Å². The third-order valence-corrected chi connectivity index (χ3v) is 15.4. The first-order chi connectivity index (χ1) is 34.0.